The fourth-order valence-corrected chi connectivity index (χ4v) is 2.72. The fourth-order valence-electron chi connectivity index (χ4n) is 2.72. The van der Waals surface area contributed by atoms with Crippen molar-refractivity contribution in [2.75, 3.05) is 13.2 Å². The number of hydrogen-bond acceptors (Lipinski definition) is 2. The lowest BCUT2D eigenvalue weighted by Gasteiger charge is -2.45. The Balaban J connectivity index is 1.95. The zero-order chi connectivity index (χ0) is 9.31. The van der Waals surface area contributed by atoms with Crippen molar-refractivity contribution in [3.05, 3.63) is 0 Å². The maximum Gasteiger partial charge on any atom is 0.0672 e. The van der Waals surface area contributed by atoms with E-state index >= 15 is 0 Å². The Hall–Kier alpha value is -0.0800. The second-order valence-electron chi connectivity index (χ2n) is 4.98. The highest BCUT2D eigenvalue weighted by Crippen LogP contribution is 2.34. The van der Waals surface area contributed by atoms with Gasteiger partial charge in [-0.2, -0.15) is 0 Å². The molecule has 13 heavy (non-hydrogen) atoms. The molecule has 0 radical (unpaired) electrons. The van der Waals surface area contributed by atoms with Crippen LogP contribution in [0.5, 0.6) is 0 Å². The lowest BCUT2D eigenvalue weighted by Crippen LogP contribution is -2.58. The molecule has 0 amide bonds. The van der Waals surface area contributed by atoms with Crippen LogP contribution in [0.2, 0.25) is 0 Å². The zero-order valence-corrected chi connectivity index (χ0v) is 8.81. The molecular weight excluding hydrogens is 162 g/mol. The number of hydrogen-bond donors (Lipinski definition) is 1. The summed E-state index contributed by atoms with van der Waals surface area (Å²) < 4.78 is 5.76. The maximum atomic E-state index is 5.76. The molecule has 1 heterocycles. The van der Waals surface area contributed by atoms with Crippen molar-refractivity contribution in [1.82, 2.24) is 5.32 Å². The molecule has 1 spiro atoms. The van der Waals surface area contributed by atoms with Crippen molar-refractivity contribution >= 4 is 0 Å². The SMILES string of the molecule is CC1CCCC2(COC(C)CN2)C1. The highest BCUT2D eigenvalue weighted by atomic mass is 16.5. The third kappa shape index (κ3) is 2.05. The Morgan fingerprint density at radius 1 is 1.38 bits per heavy atom. The van der Waals surface area contributed by atoms with E-state index in [2.05, 4.69) is 19.2 Å². The highest BCUT2D eigenvalue weighted by molar-refractivity contribution is 4.95. The van der Waals surface area contributed by atoms with E-state index in [1.807, 2.05) is 0 Å². The molecule has 0 aromatic rings. The third-order valence-corrected chi connectivity index (χ3v) is 3.50. The summed E-state index contributed by atoms with van der Waals surface area (Å²) in [7, 11) is 0. The molecule has 2 rings (SSSR count). The molecule has 1 N–H and O–H groups in total. The third-order valence-electron chi connectivity index (χ3n) is 3.50. The molecule has 76 valence electrons. The average molecular weight is 183 g/mol. The van der Waals surface area contributed by atoms with Gasteiger partial charge in [0.05, 0.1) is 12.7 Å². The summed E-state index contributed by atoms with van der Waals surface area (Å²) in [5, 5.41) is 3.69. The lowest BCUT2D eigenvalue weighted by molar-refractivity contribution is -0.0430. The molecule has 3 unspecified atom stereocenters. The van der Waals surface area contributed by atoms with Gasteiger partial charge in [0, 0.05) is 12.1 Å². The van der Waals surface area contributed by atoms with Gasteiger partial charge in [-0.3, -0.25) is 0 Å². The molecule has 1 saturated heterocycles. The van der Waals surface area contributed by atoms with Gasteiger partial charge in [-0.1, -0.05) is 19.8 Å². The molecule has 0 bridgehead atoms. The van der Waals surface area contributed by atoms with Crippen LogP contribution in [0.1, 0.15) is 39.5 Å². The van der Waals surface area contributed by atoms with Gasteiger partial charge in [-0.25, -0.2) is 0 Å². The first-order valence-corrected chi connectivity index (χ1v) is 5.57. The quantitative estimate of drug-likeness (QED) is 0.619. The summed E-state index contributed by atoms with van der Waals surface area (Å²) in [6.07, 6.45) is 5.79. The van der Waals surface area contributed by atoms with Gasteiger partial charge in [-0.05, 0) is 25.7 Å². The summed E-state index contributed by atoms with van der Waals surface area (Å²) in [5.74, 6) is 0.873. The van der Waals surface area contributed by atoms with Crippen molar-refractivity contribution < 1.29 is 4.74 Å². The summed E-state index contributed by atoms with van der Waals surface area (Å²) in [6, 6.07) is 0. The molecular formula is C11H21NO. The van der Waals surface area contributed by atoms with Gasteiger partial charge in [0.2, 0.25) is 0 Å². The molecule has 2 fully saturated rings. The normalized spacial score (nSPS) is 46.6. The van der Waals surface area contributed by atoms with Crippen LogP contribution in [0, 0.1) is 5.92 Å². The van der Waals surface area contributed by atoms with Crippen LogP contribution >= 0.6 is 0 Å². The van der Waals surface area contributed by atoms with Crippen LogP contribution in [0.3, 0.4) is 0 Å². The Morgan fingerprint density at radius 2 is 2.23 bits per heavy atom. The van der Waals surface area contributed by atoms with E-state index in [1.54, 1.807) is 0 Å². The van der Waals surface area contributed by atoms with Crippen LogP contribution < -0.4 is 5.32 Å². The number of morpholine rings is 1. The Kier molecular flexibility index (Phi) is 2.61. The van der Waals surface area contributed by atoms with E-state index in [0.29, 0.717) is 11.6 Å². The minimum atomic E-state index is 0.337. The predicted molar refractivity (Wildman–Crippen MR) is 53.8 cm³/mol. The summed E-state index contributed by atoms with van der Waals surface area (Å²) >= 11 is 0. The minimum Gasteiger partial charge on any atom is -0.375 e. The molecule has 1 aliphatic heterocycles. The predicted octanol–water partition coefficient (Wildman–Crippen LogP) is 1.94. The largest absolute Gasteiger partial charge is 0.375 e. The molecule has 2 aliphatic rings. The minimum absolute atomic E-state index is 0.337. The average Bonchev–Trinajstić information content (AvgIpc) is 2.11. The first kappa shape index (κ1) is 9.47. The smallest absolute Gasteiger partial charge is 0.0672 e. The number of nitrogens with one attached hydrogen (secondary N) is 1. The second kappa shape index (κ2) is 3.58. The monoisotopic (exact) mass is 183 g/mol. The zero-order valence-electron chi connectivity index (χ0n) is 8.81. The summed E-state index contributed by atoms with van der Waals surface area (Å²) in [6.45, 7) is 6.47. The Labute approximate surface area is 81.0 Å². The van der Waals surface area contributed by atoms with Gasteiger partial charge >= 0.3 is 0 Å². The fraction of sp³-hybridized carbons (Fsp3) is 1.00. The van der Waals surface area contributed by atoms with Crippen LogP contribution in [0.4, 0.5) is 0 Å². The first-order chi connectivity index (χ1) is 6.20. The Bertz CT molecular complexity index is 173. The molecule has 0 aromatic carbocycles. The highest BCUT2D eigenvalue weighted by Gasteiger charge is 2.37. The van der Waals surface area contributed by atoms with Crippen LogP contribution in [0.25, 0.3) is 0 Å². The van der Waals surface area contributed by atoms with Gasteiger partial charge in [0.15, 0.2) is 0 Å². The summed E-state index contributed by atoms with van der Waals surface area (Å²) in [4.78, 5) is 0. The standard InChI is InChI=1S/C11H21NO/c1-9-4-3-5-11(6-9)8-13-10(2)7-12-11/h9-10,12H,3-8H2,1-2H3. The summed E-state index contributed by atoms with van der Waals surface area (Å²) in [5.41, 5.74) is 0.337. The number of rotatable bonds is 0. The number of ether oxygens (including phenoxy) is 1. The van der Waals surface area contributed by atoms with E-state index in [1.165, 1.54) is 25.7 Å². The van der Waals surface area contributed by atoms with Crippen molar-refractivity contribution in [2.24, 2.45) is 5.92 Å². The van der Waals surface area contributed by atoms with Gasteiger partial charge in [0.25, 0.3) is 0 Å². The molecule has 1 aliphatic carbocycles. The van der Waals surface area contributed by atoms with Crippen molar-refractivity contribution in [3.8, 4) is 0 Å². The molecule has 2 heteroatoms. The molecule has 3 atom stereocenters. The van der Waals surface area contributed by atoms with E-state index in [9.17, 15) is 0 Å². The second-order valence-corrected chi connectivity index (χ2v) is 4.98. The van der Waals surface area contributed by atoms with Crippen LogP contribution in [-0.2, 0) is 4.74 Å². The topological polar surface area (TPSA) is 21.3 Å². The van der Waals surface area contributed by atoms with E-state index < -0.39 is 0 Å². The van der Waals surface area contributed by atoms with Crippen molar-refractivity contribution in [3.63, 3.8) is 0 Å². The van der Waals surface area contributed by atoms with Gasteiger partial charge in [0.1, 0.15) is 0 Å². The van der Waals surface area contributed by atoms with Crippen molar-refractivity contribution in [1.29, 1.82) is 0 Å². The molecule has 1 saturated carbocycles. The Morgan fingerprint density at radius 3 is 2.85 bits per heavy atom. The van der Waals surface area contributed by atoms with E-state index in [4.69, 9.17) is 4.74 Å². The van der Waals surface area contributed by atoms with Gasteiger partial charge in [-0.15, -0.1) is 0 Å². The molecule has 2 nitrogen and oxygen atoms in total. The van der Waals surface area contributed by atoms with E-state index in [0.717, 1.165) is 19.1 Å². The van der Waals surface area contributed by atoms with Crippen LogP contribution in [0.15, 0.2) is 0 Å². The molecule has 0 aromatic heterocycles. The van der Waals surface area contributed by atoms with Crippen LogP contribution in [-0.4, -0.2) is 24.8 Å². The maximum absolute atomic E-state index is 5.76. The van der Waals surface area contributed by atoms with E-state index in [-0.39, 0.29) is 0 Å². The lowest BCUT2D eigenvalue weighted by atomic mass is 9.76. The van der Waals surface area contributed by atoms with Crippen molar-refractivity contribution in [2.45, 2.75) is 51.2 Å². The first-order valence-electron chi connectivity index (χ1n) is 5.57. The van der Waals surface area contributed by atoms with Gasteiger partial charge < -0.3 is 10.1 Å².